The van der Waals surface area contributed by atoms with Crippen LogP contribution in [-0.4, -0.2) is 23.4 Å². The van der Waals surface area contributed by atoms with Gasteiger partial charge in [0, 0.05) is 5.41 Å². The first-order valence-corrected chi connectivity index (χ1v) is 13.1. The van der Waals surface area contributed by atoms with Gasteiger partial charge in [-0.1, -0.05) is 53.9 Å². The SMILES string of the molecule is CC(C)CCC[C@@H](C)[C@@H]1CC[C@@H]2[C@@H]3CC[C@H]4C[C@H](O)[C@@H]5O[C@@H]5[C@]4(C)[C@H]3CC[C@@]21C. The van der Waals surface area contributed by atoms with Crippen molar-refractivity contribution in [3.8, 4) is 0 Å². The Hall–Kier alpha value is -0.0800. The number of rotatable bonds is 5. The van der Waals surface area contributed by atoms with Crippen LogP contribution in [0.1, 0.15) is 98.8 Å². The van der Waals surface area contributed by atoms with E-state index in [1.165, 1.54) is 57.8 Å². The summed E-state index contributed by atoms with van der Waals surface area (Å²) in [6.45, 7) is 12.6. The van der Waals surface area contributed by atoms with E-state index < -0.39 is 0 Å². The molecule has 5 fully saturated rings. The van der Waals surface area contributed by atoms with E-state index in [1.807, 2.05) is 0 Å². The van der Waals surface area contributed by atoms with Gasteiger partial charge in [-0.05, 0) is 91.8 Å². The maximum Gasteiger partial charge on any atom is 0.111 e. The highest BCUT2D eigenvalue weighted by molar-refractivity contribution is 5.17. The van der Waals surface area contributed by atoms with Gasteiger partial charge in [-0.15, -0.1) is 0 Å². The Bertz CT molecular complexity index is 616. The summed E-state index contributed by atoms with van der Waals surface area (Å²) in [6.07, 6.45) is 14.2. The van der Waals surface area contributed by atoms with Crippen LogP contribution in [0.15, 0.2) is 0 Å². The van der Waals surface area contributed by atoms with E-state index in [4.69, 9.17) is 4.74 Å². The number of hydrogen-bond acceptors (Lipinski definition) is 2. The van der Waals surface area contributed by atoms with Crippen LogP contribution in [0.5, 0.6) is 0 Å². The molecule has 5 aliphatic rings. The van der Waals surface area contributed by atoms with Gasteiger partial charge < -0.3 is 9.84 Å². The Morgan fingerprint density at radius 2 is 1.76 bits per heavy atom. The summed E-state index contributed by atoms with van der Waals surface area (Å²) in [4.78, 5) is 0. The quantitative estimate of drug-likeness (QED) is 0.536. The maximum absolute atomic E-state index is 10.4. The summed E-state index contributed by atoms with van der Waals surface area (Å²) in [6, 6.07) is 0. The lowest BCUT2D eigenvalue weighted by atomic mass is 9.44. The summed E-state index contributed by atoms with van der Waals surface area (Å²) < 4.78 is 6.12. The molecule has 1 N–H and O–H groups in total. The Balaban J connectivity index is 1.31. The van der Waals surface area contributed by atoms with Crippen molar-refractivity contribution in [3.63, 3.8) is 0 Å². The van der Waals surface area contributed by atoms with E-state index in [-0.39, 0.29) is 12.2 Å². The third kappa shape index (κ3) is 3.09. The lowest BCUT2D eigenvalue weighted by Crippen LogP contribution is -2.57. The highest BCUT2D eigenvalue weighted by atomic mass is 16.6. The number of ether oxygens (including phenoxy) is 1. The van der Waals surface area contributed by atoms with E-state index >= 15 is 0 Å². The van der Waals surface area contributed by atoms with Gasteiger partial charge in [-0.2, -0.15) is 0 Å². The lowest BCUT2D eigenvalue weighted by Gasteiger charge is -2.60. The van der Waals surface area contributed by atoms with Crippen molar-refractivity contribution < 1.29 is 9.84 Å². The smallest absolute Gasteiger partial charge is 0.111 e. The summed E-state index contributed by atoms with van der Waals surface area (Å²) in [5, 5.41) is 10.4. The fourth-order valence-corrected chi connectivity index (χ4v) is 9.65. The van der Waals surface area contributed by atoms with Crippen molar-refractivity contribution in [2.24, 2.45) is 52.3 Å². The van der Waals surface area contributed by atoms with Gasteiger partial charge in [0.25, 0.3) is 0 Å². The van der Waals surface area contributed by atoms with Crippen LogP contribution in [0.25, 0.3) is 0 Å². The Kier molecular flexibility index (Phi) is 5.18. The summed E-state index contributed by atoms with van der Waals surface area (Å²) in [5.41, 5.74) is 0.925. The molecule has 0 unspecified atom stereocenters. The van der Waals surface area contributed by atoms with Crippen LogP contribution in [0, 0.1) is 52.3 Å². The molecule has 0 bridgehead atoms. The van der Waals surface area contributed by atoms with E-state index in [9.17, 15) is 5.11 Å². The van der Waals surface area contributed by atoms with Crippen LogP contribution < -0.4 is 0 Å². The van der Waals surface area contributed by atoms with Crippen LogP contribution in [-0.2, 0) is 4.74 Å². The van der Waals surface area contributed by atoms with Crippen molar-refractivity contribution in [2.45, 2.75) is 117 Å². The van der Waals surface area contributed by atoms with E-state index in [1.54, 1.807) is 0 Å². The molecule has 0 aromatic carbocycles. The van der Waals surface area contributed by atoms with Gasteiger partial charge in [0.2, 0.25) is 0 Å². The molecular weight excluding hydrogens is 356 g/mol. The molecular formula is C27H46O2. The molecule has 0 aromatic rings. The molecule has 29 heavy (non-hydrogen) atoms. The van der Waals surface area contributed by atoms with Crippen molar-refractivity contribution in [3.05, 3.63) is 0 Å². The number of fused-ring (bicyclic) bond motifs is 7. The van der Waals surface area contributed by atoms with Crippen molar-refractivity contribution in [1.29, 1.82) is 0 Å². The number of hydrogen-bond donors (Lipinski definition) is 1. The highest BCUT2D eigenvalue weighted by Crippen LogP contribution is 2.70. The van der Waals surface area contributed by atoms with E-state index in [2.05, 4.69) is 34.6 Å². The second-order valence-electron chi connectivity index (χ2n) is 12.9. The standard InChI is InChI=1S/C27H46O2/c1-16(2)7-6-8-17(3)20-11-12-21-19-10-9-18-15-23(28)24-25(29-24)27(18,5)22(19)13-14-26(20,21)4/h16-25,28H,6-15H2,1-5H3/t17-,18+,19+,20+,21-,22+,23+,24+,25+,26-,27+/m1/s1. The largest absolute Gasteiger partial charge is 0.390 e. The minimum atomic E-state index is -0.189. The molecule has 1 heterocycles. The Morgan fingerprint density at radius 1 is 0.966 bits per heavy atom. The maximum atomic E-state index is 10.4. The number of epoxide rings is 1. The van der Waals surface area contributed by atoms with Crippen molar-refractivity contribution >= 4 is 0 Å². The molecule has 4 saturated carbocycles. The monoisotopic (exact) mass is 402 g/mol. The topological polar surface area (TPSA) is 32.8 Å². The van der Waals surface area contributed by atoms with Crippen molar-refractivity contribution in [2.75, 3.05) is 0 Å². The third-order valence-electron chi connectivity index (χ3n) is 11.2. The molecule has 2 heteroatoms. The minimum Gasteiger partial charge on any atom is -0.390 e. The molecule has 1 saturated heterocycles. The highest BCUT2D eigenvalue weighted by Gasteiger charge is 2.69. The Morgan fingerprint density at radius 3 is 2.52 bits per heavy atom. The van der Waals surface area contributed by atoms with Gasteiger partial charge in [0.1, 0.15) is 6.10 Å². The van der Waals surface area contributed by atoms with Crippen LogP contribution in [0.3, 0.4) is 0 Å². The van der Waals surface area contributed by atoms with Gasteiger partial charge >= 0.3 is 0 Å². The molecule has 1 aliphatic heterocycles. The van der Waals surface area contributed by atoms with Crippen LogP contribution in [0.2, 0.25) is 0 Å². The molecule has 0 radical (unpaired) electrons. The third-order valence-corrected chi connectivity index (χ3v) is 11.2. The minimum absolute atomic E-state index is 0.167. The first-order valence-electron chi connectivity index (χ1n) is 13.1. The number of aliphatic hydroxyl groups is 1. The average molecular weight is 403 g/mol. The number of aliphatic hydroxyl groups excluding tert-OH is 1. The molecule has 11 atom stereocenters. The second-order valence-corrected chi connectivity index (χ2v) is 12.9. The fraction of sp³-hybridized carbons (Fsp3) is 1.00. The molecule has 0 aromatic heterocycles. The Labute approximate surface area is 179 Å². The first-order chi connectivity index (χ1) is 13.8. The average Bonchev–Trinajstić information content (AvgIpc) is 3.40. The van der Waals surface area contributed by atoms with Gasteiger partial charge in [-0.25, -0.2) is 0 Å². The lowest BCUT2D eigenvalue weighted by molar-refractivity contribution is -0.122. The summed E-state index contributed by atoms with van der Waals surface area (Å²) in [5.74, 6) is 6.10. The molecule has 166 valence electrons. The van der Waals surface area contributed by atoms with Crippen molar-refractivity contribution in [1.82, 2.24) is 0 Å². The summed E-state index contributed by atoms with van der Waals surface area (Å²) >= 11 is 0. The van der Waals surface area contributed by atoms with Gasteiger partial charge in [0.15, 0.2) is 0 Å². The zero-order valence-corrected chi connectivity index (χ0v) is 19.7. The zero-order chi connectivity index (χ0) is 20.6. The molecule has 4 aliphatic carbocycles. The normalized spacial score (nSPS) is 54.3. The molecule has 5 rings (SSSR count). The van der Waals surface area contributed by atoms with E-state index in [0.29, 0.717) is 22.9 Å². The molecule has 0 spiro atoms. The predicted molar refractivity (Wildman–Crippen MR) is 119 cm³/mol. The molecule has 0 amide bonds. The zero-order valence-electron chi connectivity index (χ0n) is 19.7. The van der Waals surface area contributed by atoms with Gasteiger partial charge in [0.05, 0.1) is 12.2 Å². The second kappa shape index (κ2) is 7.22. The van der Waals surface area contributed by atoms with Crippen LogP contribution >= 0.6 is 0 Å². The molecule has 2 nitrogen and oxygen atoms in total. The van der Waals surface area contributed by atoms with E-state index in [0.717, 1.165) is 41.9 Å². The predicted octanol–water partition coefficient (Wildman–Crippen LogP) is 6.46. The van der Waals surface area contributed by atoms with Gasteiger partial charge in [-0.3, -0.25) is 0 Å². The van der Waals surface area contributed by atoms with Crippen LogP contribution in [0.4, 0.5) is 0 Å². The summed E-state index contributed by atoms with van der Waals surface area (Å²) in [7, 11) is 0. The fourth-order valence-electron chi connectivity index (χ4n) is 9.65. The first kappa shape index (κ1) is 20.8.